The Morgan fingerprint density at radius 2 is 1.62 bits per heavy atom. The number of quaternary nitrogens is 1. The molecule has 3 atom stereocenters. The highest BCUT2D eigenvalue weighted by molar-refractivity contribution is 4.92. The minimum atomic E-state index is -0.480. The van der Waals surface area contributed by atoms with Gasteiger partial charge in [0, 0.05) is 6.42 Å². The van der Waals surface area contributed by atoms with E-state index in [0.717, 1.165) is 28.8 Å². The first kappa shape index (κ1) is 19.4. The summed E-state index contributed by atoms with van der Waals surface area (Å²) >= 11 is 0. The summed E-state index contributed by atoms with van der Waals surface area (Å²) in [6.07, 6.45) is 10.3. The summed E-state index contributed by atoms with van der Waals surface area (Å²) in [6.45, 7) is 6.79. The van der Waals surface area contributed by atoms with Crippen LogP contribution in [0.5, 0.6) is 0 Å². The zero-order valence-corrected chi connectivity index (χ0v) is 16.3. The molecule has 2 fully saturated rings. The molecule has 2 aliphatic rings. The Morgan fingerprint density at radius 1 is 1.05 bits per heavy atom. The Morgan fingerprint density at radius 3 is 2.14 bits per heavy atom. The van der Waals surface area contributed by atoms with Gasteiger partial charge in [0.1, 0.15) is 11.6 Å². The van der Waals surface area contributed by atoms with E-state index in [1.54, 1.807) is 0 Å². The van der Waals surface area contributed by atoms with Gasteiger partial charge in [-0.15, -0.1) is 0 Å². The summed E-state index contributed by atoms with van der Waals surface area (Å²) in [6, 6.07) is 1.16. The second-order valence-corrected chi connectivity index (χ2v) is 8.57. The lowest BCUT2D eigenvalue weighted by Crippen LogP contribution is -3.00. The highest BCUT2D eigenvalue weighted by Gasteiger charge is 2.50. The summed E-state index contributed by atoms with van der Waals surface area (Å²) < 4.78 is 1.04. The van der Waals surface area contributed by atoms with E-state index in [4.69, 9.17) is 0 Å². The second-order valence-electron chi connectivity index (χ2n) is 8.57. The Hall–Kier alpha value is 0.400. The first-order valence-corrected chi connectivity index (χ1v) is 8.81. The van der Waals surface area contributed by atoms with E-state index >= 15 is 0 Å². The van der Waals surface area contributed by atoms with Crippen molar-refractivity contribution in [3.05, 3.63) is 0 Å². The van der Waals surface area contributed by atoms with Crippen molar-refractivity contribution in [1.82, 2.24) is 0 Å². The number of rotatable bonds is 3. The summed E-state index contributed by atoms with van der Waals surface area (Å²) in [7, 11) is 4.77. The van der Waals surface area contributed by atoms with Crippen LogP contribution in [0.3, 0.4) is 0 Å². The monoisotopic (exact) mass is 361 g/mol. The lowest BCUT2D eigenvalue weighted by Gasteiger charge is -2.54. The maximum Gasteiger partial charge on any atom is 0.118 e. The van der Waals surface area contributed by atoms with Crippen LogP contribution in [0.1, 0.15) is 72.1 Å². The topological polar surface area (TPSA) is 20.2 Å². The summed E-state index contributed by atoms with van der Waals surface area (Å²) in [4.78, 5) is 0. The van der Waals surface area contributed by atoms with Crippen molar-refractivity contribution in [3.8, 4) is 0 Å². The van der Waals surface area contributed by atoms with Crippen LogP contribution in [0.4, 0.5) is 0 Å². The molecule has 2 aliphatic carbocycles. The van der Waals surface area contributed by atoms with Gasteiger partial charge < -0.3 is 26.6 Å². The van der Waals surface area contributed by atoms with Crippen molar-refractivity contribution in [2.24, 2.45) is 11.8 Å². The Balaban J connectivity index is 0.00000220. The molecule has 0 aromatic rings. The first-order chi connectivity index (χ1) is 9.25. The molecule has 3 unspecified atom stereocenters. The summed E-state index contributed by atoms with van der Waals surface area (Å²) in [5.41, 5.74) is -0.480. The largest absolute Gasteiger partial charge is 1.00 e. The maximum atomic E-state index is 11.0. The van der Waals surface area contributed by atoms with Crippen molar-refractivity contribution in [2.45, 2.75) is 89.8 Å². The van der Waals surface area contributed by atoms with Crippen molar-refractivity contribution >= 4 is 0 Å². The fraction of sp³-hybridized carbons (Fsp3) is 1.00. The molecule has 0 amide bonds. The van der Waals surface area contributed by atoms with E-state index < -0.39 is 5.60 Å². The van der Waals surface area contributed by atoms with Gasteiger partial charge in [0.25, 0.3) is 0 Å². The van der Waals surface area contributed by atoms with Crippen LogP contribution in [0.2, 0.25) is 0 Å². The molecule has 0 heterocycles. The molecule has 21 heavy (non-hydrogen) atoms. The van der Waals surface area contributed by atoms with Gasteiger partial charge in [-0.25, -0.2) is 0 Å². The van der Waals surface area contributed by atoms with Crippen molar-refractivity contribution in [3.63, 3.8) is 0 Å². The van der Waals surface area contributed by atoms with Crippen LogP contribution in [0, 0.1) is 11.8 Å². The van der Waals surface area contributed by atoms with Gasteiger partial charge in [-0.1, -0.05) is 20.3 Å². The summed E-state index contributed by atoms with van der Waals surface area (Å²) in [5.74, 6) is 1.54. The lowest BCUT2D eigenvalue weighted by molar-refractivity contribution is -0.948. The molecule has 3 heteroatoms. The average Bonchev–Trinajstić information content (AvgIpc) is 2.38. The molecule has 126 valence electrons. The molecule has 2 rings (SSSR count). The van der Waals surface area contributed by atoms with E-state index in [0.29, 0.717) is 6.04 Å². The average molecular weight is 362 g/mol. The summed E-state index contributed by atoms with van der Waals surface area (Å²) in [5, 5.41) is 11.0. The number of hydrogen-bond donors (Lipinski definition) is 1. The Labute approximate surface area is 142 Å². The number of nitrogens with zero attached hydrogens (tertiary/aromatic N) is 1. The van der Waals surface area contributed by atoms with Crippen molar-refractivity contribution in [1.29, 1.82) is 0 Å². The van der Waals surface area contributed by atoms with Gasteiger partial charge in [-0.05, 0) is 57.3 Å². The third-order valence-electron chi connectivity index (χ3n) is 6.53. The lowest BCUT2D eigenvalue weighted by atomic mass is 9.70. The van der Waals surface area contributed by atoms with Gasteiger partial charge in [0.05, 0.1) is 20.1 Å². The number of hydrogen-bond acceptors (Lipinski definition) is 1. The van der Waals surface area contributed by atoms with Crippen molar-refractivity contribution in [2.75, 3.05) is 14.1 Å². The molecule has 0 bridgehead atoms. The Kier molecular flexibility index (Phi) is 6.77. The van der Waals surface area contributed by atoms with Crippen LogP contribution in [-0.2, 0) is 0 Å². The third kappa shape index (κ3) is 4.23. The van der Waals surface area contributed by atoms with Crippen LogP contribution in [-0.4, -0.2) is 41.4 Å². The smallest absolute Gasteiger partial charge is 0.118 e. The molecule has 2 nitrogen and oxygen atoms in total. The highest BCUT2D eigenvalue weighted by Crippen LogP contribution is 2.42. The maximum absolute atomic E-state index is 11.0. The molecular weight excluding hydrogens is 326 g/mol. The molecule has 0 spiro atoms. The predicted molar refractivity (Wildman–Crippen MR) is 85.6 cm³/mol. The van der Waals surface area contributed by atoms with Gasteiger partial charge in [0.15, 0.2) is 0 Å². The molecule has 1 N–H and O–H groups in total. The zero-order valence-electron chi connectivity index (χ0n) is 14.7. The van der Waals surface area contributed by atoms with Gasteiger partial charge >= 0.3 is 0 Å². The minimum Gasteiger partial charge on any atom is -1.00 e. The van der Waals surface area contributed by atoms with Crippen LogP contribution in [0.15, 0.2) is 0 Å². The highest BCUT2D eigenvalue weighted by atomic mass is 79.9. The number of aliphatic hydroxyl groups is 1. The van der Waals surface area contributed by atoms with E-state index in [1.165, 1.54) is 44.9 Å². The van der Waals surface area contributed by atoms with Crippen LogP contribution < -0.4 is 17.0 Å². The number of likely N-dealkylation sites (N-methyl/N-ethyl adjacent to an activating group) is 1. The van der Waals surface area contributed by atoms with Gasteiger partial charge in [0.2, 0.25) is 0 Å². The third-order valence-corrected chi connectivity index (χ3v) is 6.53. The van der Waals surface area contributed by atoms with Crippen LogP contribution in [0.25, 0.3) is 0 Å². The molecule has 0 radical (unpaired) electrons. The van der Waals surface area contributed by atoms with Crippen molar-refractivity contribution < 1.29 is 26.6 Å². The van der Waals surface area contributed by atoms with E-state index in [9.17, 15) is 5.11 Å². The number of halogens is 1. The Bertz CT molecular complexity index is 321. The molecule has 2 saturated carbocycles. The molecule has 0 aromatic heterocycles. The zero-order chi connectivity index (χ0) is 15.0. The fourth-order valence-corrected chi connectivity index (χ4v) is 4.90. The normalized spacial score (nSPS) is 35.6. The van der Waals surface area contributed by atoms with E-state index in [-0.39, 0.29) is 17.0 Å². The standard InChI is InChI=1S/C18H36NO.BrH/c1-14(2)15-11-12-18(3,20)17(13-15)19(4,5)16-9-7-6-8-10-16;/h14-17,20H,6-13H2,1-5H3;1H/q+1;/p-1. The quantitative estimate of drug-likeness (QED) is 0.742. The molecule has 0 aromatic carbocycles. The molecular formula is C18H36BrNO. The second kappa shape index (κ2) is 7.31. The first-order valence-electron chi connectivity index (χ1n) is 8.81. The molecule has 0 saturated heterocycles. The minimum absolute atomic E-state index is 0. The molecule has 0 aliphatic heterocycles. The SMILES string of the molecule is CC(C)C1CCC(C)(O)C([N+](C)(C)C2CCCCC2)C1.[Br-]. The van der Waals surface area contributed by atoms with Gasteiger partial charge in [-0.2, -0.15) is 0 Å². The van der Waals surface area contributed by atoms with Crippen LogP contribution >= 0.6 is 0 Å². The van der Waals surface area contributed by atoms with E-state index in [2.05, 4.69) is 34.9 Å². The fourth-order valence-electron chi connectivity index (χ4n) is 4.90. The predicted octanol–water partition coefficient (Wildman–Crippen LogP) is 0.975. The van der Waals surface area contributed by atoms with Gasteiger partial charge in [-0.3, -0.25) is 0 Å². The van der Waals surface area contributed by atoms with E-state index in [1.807, 2.05) is 0 Å².